The number of thiazole rings is 1. The van der Waals surface area contributed by atoms with Crippen molar-refractivity contribution in [1.82, 2.24) is 4.98 Å². The lowest BCUT2D eigenvalue weighted by atomic mass is 9.68. The molecule has 4 aromatic rings. The van der Waals surface area contributed by atoms with Crippen molar-refractivity contribution in [2.24, 2.45) is 29.6 Å². The van der Waals surface area contributed by atoms with Gasteiger partial charge in [-0.2, -0.15) is 13.2 Å². The first-order chi connectivity index (χ1) is 23.8. The van der Waals surface area contributed by atoms with E-state index in [0.29, 0.717) is 43.4 Å². The van der Waals surface area contributed by atoms with E-state index in [1.807, 2.05) is 0 Å². The predicted octanol–water partition coefficient (Wildman–Crippen LogP) is 8.11. The average molecular weight is 781 g/mol. The van der Waals surface area contributed by atoms with Crippen molar-refractivity contribution in [2.75, 3.05) is 16.8 Å². The van der Waals surface area contributed by atoms with Gasteiger partial charge in [-0.05, 0) is 72.7 Å². The number of nitrogens with one attached hydrogen (secondary N) is 2. The largest absolute Gasteiger partial charge is 0.483 e. The third-order valence-electron chi connectivity index (χ3n) is 10.0. The Morgan fingerprint density at radius 3 is 2.44 bits per heavy atom. The normalized spacial score (nSPS) is 26.5. The quantitative estimate of drug-likeness (QED) is 0.192. The Morgan fingerprint density at radius 2 is 1.70 bits per heavy atom. The Labute approximate surface area is 305 Å². The van der Waals surface area contributed by atoms with Crippen LogP contribution in [0.3, 0.4) is 0 Å². The second-order valence-corrected chi connectivity index (χ2v) is 16.1. The van der Waals surface area contributed by atoms with Gasteiger partial charge in [0.15, 0.2) is 6.61 Å². The third kappa shape index (κ3) is 5.44. The van der Waals surface area contributed by atoms with E-state index in [0.717, 1.165) is 28.4 Å². The van der Waals surface area contributed by atoms with E-state index in [-0.39, 0.29) is 32.9 Å². The molecule has 2 aliphatic heterocycles. The second kappa shape index (κ2) is 12.3. The minimum absolute atomic E-state index is 0.247. The van der Waals surface area contributed by atoms with Crippen molar-refractivity contribution in [3.8, 4) is 5.75 Å². The van der Waals surface area contributed by atoms with Gasteiger partial charge in [0.25, 0.3) is 5.91 Å². The van der Waals surface area contributed by atoms with Crippen molar-refractivity contribution < 1.29 is 32.3 Å². The van der Waals surface area contributed by atoms with E-state index >= 15 is 0 Å². The summed E-state index contributed by atoms with van der Waals surface area (Å²) in [5.41, 5.74) is -0.518. The molecule has 7 atom stereocenters. The lowest BCUT2D eigenvalue weighted by Gasteiger charge is -2.43. The number of nitrogens with zero attached hydrogens (tertiary/aromatic N) is 1. The number of hydrogen-bond donors (Lipinski definition) is 2. The number of carbonyl (C=O) groups is 3. The molecule has 3 aromatic carbocycles. The van der Waals surface area contributed by atoms with Gasteiger partial charge in [-0.25, -0.2) is 4.90 Å². The average Bonchev–Trinajstić information content (AvgIpc) is 3.80. The Morgan fingerprint density at radius 1 is 0.960 bits per heavy atom. The molecule has 2 saturated carbocycles. The number of fused-ring (bicyclic) bond motifs is 9. The molecule has 2 aliphatic carbocycles. The molecule has 16 heteroatoms. The number of benzene rings is 3. The highest BCUT2D eigenvalue weighted by Crippen LogP contribution is 2.69. The van der Waals surface area contributed by atoms with Crippen LogP contribution in [0.4, 0.5) is 24.5 Å². The number of halogens is 6. The summed E-state index contributed by atoms with van der Waals surface area (Å²) < 4.78 is 48.1. The summed E-state index contributed by atoms with van der Waals surface area (Å²) in [5.74, 6) is -4.62. The molecule has 0 spiro atoms. The SMILES string of the molecule is O=C(COc1ccc(Cl)cc1[C@@H]1c2sc(=O)[nH]c2S[C@@H]2[C@@H]3C[C@@H]([C@@H]4C(=O)N(c5ccccc5C(F)(F)F)C(=O)[C@@H]34)[C@H]12)Nc1ccc(Cl)c(Cl)c1. The molecule has 4 aliphatic rings. The number of thioether (sulfide) groups is 1. The number of hydrogen-bond acceptors (Lipinski definition) is 7. The molecule has 258 valence electrons. The molecular weight excluding hydrogens is 758 g/mol. The number of alkyl halides is 3. The van der Waals surface area contributed by atoms with Crippen LogP contribution in [0, 0.1) is 29.6 Å². The lowest BCUT2D eigenvalue weighted by Crippen LogP contribution is -2.42. The number of H-pyrrole nitrogens is 1. The molecule has 2 N–H and O–H groups in total. The van der Waals surface area contributed by atoms with E-state index in [9.17, 15) is 32.3 Å². The molecule has 3 heterocycles. The van der Waals surface area contributed by atoms with Crippen molar-refractivity contribution in [3.63, 3.8) is 0 Å². The van der Waals surface area contributed by atoms with Crippen LogP contribution in [0.2, 0.25) is 15.1 Å². The summed E-state index contributed by atoms with van der Waals surface area (Å²) in [6.45, 7) is -0.391. The molecule has 0 unspecified atom stereocenters. The van der Waals surface area contributed by atoms with Gasteiger partial charge in [0.1, 0.15) is 5.75 Å². The zero-order chi connectivity index (χ0) is 35.2. The van der Waals surface area contributed by atoms with Gasteiger partial charge >= 0.3 is 11.0 Å². The standard InChI is InChI=1S/C34H23Cl3F3N3O5S2/c35-13-5-8-22(48-12-23(44)41-14-6-7-19(36)20(37)10-14)15(9-13)24-25-16-11-17(28(25)49-30-29(24)50-33(47)42-30)27-26(16)31(45)43(32(27)46)21-4-2-1-3-18(21)34(38,39)40/h1-10,16-17,24-28H,11-12H2,(H,41,44)(H,42,47)/t16-,17-,24+,25-,26+,27+,28-/m1/s1. The van der Waals surface area contributed by atoms with E-state index < -0.39 is 59.5 Å². The Bertz CT molecular complexity index is 2160. The van der Waals surface area contributed by atoms with Crippen LogP contribution in [-0.2, 0) is 20.6 Å². The molecule has 1 saturated heterocycles. The minimum Gasteiger partial charge on any atom is -0.483 e. The highest BCUT2D eigenvalue weighted by molar-refractivity contribution is 8.00. The van der Waals surface area contributed by atoms with E-state index in [4.69, 9.17) is 39.5 Å². The maximum Gasteiger partial charge on any atom is 0.418 e. The molecule has 3 amide bonds. The summed E-state index contributed by atoms with van der Waals surface area (Å²) in [6, 6.07) is 14.2. The smallest absolute Gasteiger partial charge is 0.418 e. The predicted molar refractivity (Wildman–Crippen MR) is 184 cm³/mol. The number of carbonyl (C=O) groups excluding carboxylic acids is 3. The highest BCUT2D eigenvalue weighted by Gasteiger charge is 2.70. The Hall–Kier alpha value is -3.49. The number of rotatable bonds is 6. The van der Waals surface area contributed by atoms with Gasteiger partial charge in [-0.3, -0.25) is 19.2 Å². The molecule has 50 heavy (non-hydrogen) atoms. The number of imide groups is 1. The maximum absolute atomic E-state index is 14.1. The molecular formula is C34H23Cl3F3N3O5S2. The fourth-order valence-corrected chi connectivity index (χ4v) is 11.7. The number of ether oxygens (including phenoxy) is 1. The van der Waals surface area contributed by atoms with Crippen molar-refractivity contribution in [1.29, 1.82) is 0 Å². The fourth-order valence-electron chi connectivity index (χ4n) is 8.32. The van der Waals surface area contributed by atoms with Gasteiger partial charge in [-0.1, -0.05) is 58.3 Å². The van der Waals surface area contributed by atoms with Crippen molar-refractivity contribution in [2.45, 2.75) is 28.8 Å². The van der Waals surface area contributed by atoms with Gasteiger partial charge in [0.05, 0.1) is 38.2 Å². The number of aromatic amines is 1. The Kier molecular flexibility index (Phi) is 8.30. The molecule has 0 radical (unpaired) electrons. The van der Waals surface area contributed by atoms with Gasteiger partial charge in [0, 0.05) is 32.3 Å². The molecule has 1 aromatic heterocycles. The van der Waals surface area contributed by atoms with Crippen LogP contribution >= 0.6 is 57.9 Å². The Balaban J connectivity index is 1.14. The first kappa shape index (κ1) is 33.6. The minimum atomic E-state index is -4.77. The zero-order valence-electron chi connectivity index (χ0n) is 25.3. The van der Waals surface area contributed by atoms with Crippen LogP contribution in [0.25, 0.3) is 0 Å². The summed E-state index contributed by atoms with van der Waals surface area (Å²) in [7, 11) is 0. The summed E-state index contributed by atoms with van der Waals surface area (Å²) >= 11 is 21.0. The van der Waals surface area contributed by atoms with Gasteiger partial charge in [-0.15, -0.1) is 11.8 Å². The molecule has 8 rings (SSSR count). The monoisotopic (exact) mass is 779 g/mol. The van der Waals surface area contributed by atoms with Crippen molar-refractivity contribution in [3.05, 3.63) is 101 Å². The van der Waals surface area contributed by atoms with Crippen molar-refractivity contribution >= 4 is 87.0 Å². The van der Waals surface area contributed by atoms with Crippen LogP contribution < -0.4 is 19.8 Å². The number of anilines is 2. The van der Waals surface area contributed by atoms with Crippen LogP contribution in [0.1, 0.15) is 28.3 Å². The van der Waals surface area contributed by atoms with E-state index in [2.05, 4.69) is 10.3 Å². The highest BCUT2D eigenvalue weighted by atomic mass is 35.5. The second-order valence-electron chi connectivity index (χ2n) is 12.6. The summed E-state index contributed by atoms with van der Waals surface area (Å²) in [5, 5.41) is 4.05. The van der Waals surface area contributed by atoms with Crippen LogP contribution in [0.15, 0.2) is 70.5 Å². The van der Waals surface area contributed by atoms with Gasteiger partial charge in [0.2, 0.25) is 11.8 Å². The molecule has 8 nitrogen and oxygen atoms in total. The van der Waals surface area contributed by atoms with E-state index in [1.54, 1.807) is 30.3 Å². The van der Waals surface area contributed by atoms with E-state index in [1.165, 1.54) is 30.0 Å². The third-order valence-corrected chi connectivity index (χ3v) is 13.6. The molecule has 2 bridgehead atoms. The first-order valence-corrected chi connectivity index (χ1v) is 18.3. The lowest BCUT2D eigenvalue weighted by molar-refractivity contribution is -0.137. The van der Waals surface area contributed by atoms with Crippen LogP contribution in [0.5, 0.6) is 5.75 Å². The number of amides is 3. The zero-order valence-corrected chi connectivity index (χ0v) is 29.2. The number of para-hydroxylation sites is 1. The number of aromatic nitrogens is 1. The summed E-state index contributed by atoms with van der Waals surface area (Å²) in [4.78, 5) is 57.8. The fraction of sp³-hybridized carbons (Fsp3) is 0.294. The maximum atomic E-state index is 14.1. The van der Waals surface area contributed by atoms with Gasteiger partial charge < -0.3 is 15.0 Å². The summed E-state index contributed by atoms with van der Waals surface area (Å²) in [6.07, 6.45) is -4.26. The molecule has 3 fully saturated rings. The first-order valence-electron chi connectivity index (χ1n) is 15.4. The topological polar surface area (TPSA) is 109 Å². The van der Waals surface area contributed by atoms with Crippen LogP contribution in [-0.4, -0.2) is 34.6 Å².